The van der Waals surface area contributed by atoms with E-state index < -0.39 is 30.3 Å². The number of rotatable bonds is 4. The fourth-order valence-electron chi connectivity index (χ4n) is 1.47. The number of ether oxygens (including phenoxy) is 1. The van der Waals surface area contributed by atoms with Crippen LogP contribution in [0.25, 0.3) is 0 Å². The number of aliphatic carboxylic acids is 2. The van der Waals surface area contributed by atoms with Crippen LogP contribution in [0.15, 0.2) is 11.6 Å². The van der Waals surface area contributed by atoms with Gasteiger partial charge in [0.25, 0.3) is 0 Å². The molecule has 0 spiro atoms. The van der Waals surface area contributed by atoms with Crippen LogP contribution in [0.2, 0.25) is 0 Å². The van der Waals surface area contributed by atoms with Crippen LogP contribution in [-0.2, 0) is 14.3 Å². The van der Waals surface area contributed by atoms with Crippen molar-refractivity contribution in [3.63, 3.8) is 0 Å². The second-order valence-electron chi connectivity index (χ2n) is 3.66. The molecule has 6 nitrogen and oxygen atoms in total. The van der Waals surface area contributed by atoms with E-state index in [0.717, 1.165) is 0 Å². The summed E-state index contributed by atoms with van der Waals surface area (Å²) in [5.74, 6) is -2.74. The average molecular weight is 306 g/mol. The summed E-state index contributed by atoms with van der Waals surface area (Å²) in [6.07, 6.45) is -1.57. The molecule has 0 fully saturated rings. The van der Waals surface area contributed by atoms with Crippen molar-refractivity contribution in [1.29, 1.82) is 0 Å². The minimum atomic E-state index is -1.41. The number of hydrogen-bond donors (Lipinski definition) is 1. The summed E-state index contributed by atoms with van der Waals surface area (Å²) in [6.45, 7) is 1.26. The Hall–Kier alpha value is 1.87. The molecule has 0 unspecified atom stereocenters. The van der Waals surface area contributed by atoms with Crippen LogP contribution < -0.4 is 113 Å². The summed E-state index contributed by atoms with van der Waals surface area (Å²) in [4.78, 5) is 21.0. The Balaban J connectivity index is 0. The van der Waals surface area contributed by atoms with Crippen molar-refractivity contribution in [2.45, 2.75) is 38.1 Å². The Kier molecular flexibility index (Phi) is 13.0. The number of aliphatic hydroxyl groups is 1. The van der Waals surface area contributed by atoms with Gasteiger partial charge in [0, 0.05) is 6.42 Å². The largest absolute Gasteiger partial charge is 1.00 e. The van der Waals surface area contributed by atoms with Crippen molar-refractivity contribution < 1.29 is 132 Å². The van der Waals surface area contributed by atoms with Gasteiger partial charge in [-0.25, -0.2) is 0 Å². The fourth-order valence-corrected chi connectivity index (χ4v) is 1.47. The predicted molar refractivity (Wildman–Crippen MR) is 47.7 cm³/mol. The zero-order valence-corrected chi connectivity index (χ0v) is 17.0. The maximum Gasteiger partial charge on any atom is 1.00 e. The maximum absolute atomic E-state index is 10.6. The molecule has 0 saturated heterocycles. The number of aliphatic hydroxyl groups excluding tert-OH is 1. The van der Waals surface area contributed by atoms with Crippen LogP contribution in [0.1, 0.15) is 19.8 Å². The molecular weight excluding hydrogens is 294 g/mol. The first-order valence-electron chi connectivity index (χ1n) is 4.86. The van der Waals surface area contributed by atoms with Crippen molar-refractivity contribution in [3.8, 4) is 0 Å². The monoisotopic (exact) mass is 306 g/mol. The number of carbonyl (C=O) groups is 2. The van der Waals surface area contributed by atoms with Crippen molar-refractivity contribution in [2.75, 3.05) is 0 Å². The molecule has 1 aliphatic carbocycles. The molecule has 0 aliphatic heterocycles. The first-order chi connectivity index (χ1) is 7.41. The van der Waals surface area contributed by atoms with Gasteiger partial charge in [-0.2, -0.15) is 0 Å². The first-order valence-corrected chi connectivity index (χ1v) is 4.86. The molecule has 0 aromatic carbocycles. The van der Waals surface area contributed by atoms with Crippen LogP contribution in [0, 0.1) is 0 Å². The quantitative estimate of drug-likeness (QED) is 0.517. The Labute approximate surface area is 190 Å². The van der Waals surface area contributed by atoms with E-state index in [2.05, 4.69) is 0 Å². The molecule has 0 heterocycles. The molecule has 0 bridgehead atoms. The van der Waals surface area contributed by atoms with Gasteiger partial charge in [-0.05, 0) is 18.9 Å². The van der Waals surface area contributed by atoms with Crippen LogP contribution in [0.3, 0.4) is 0 Å². The summed E-state index contributed by atoms with van der Waals surface area (Å²) >= 11 is 0. The zero-order chi connectivity index (χ0) is 12.3. The van der Waals surface area contributed by atoms with Crippen molar-refractivity contribution in [3.05, 3.63) is 11.6 Å². The number of carbonyl (C=O) groups excluding carboxylic acids is 2. The number of carboxylic acids is 2. The molecule has 18 heavy (non-hydrogen) atoms. The van der Waals surface area contributed by atoms with Crippen LogP contribution in [0.5, 0.6) is 0 Å². The van der Waals surface area contributed by atoms with Crippen molar-refractivity contribution in [1.82, 2.24) is 0 Å². The van der Waals surface area contributed by atoms with E-state index in [4.69, 9.17) is 4.74 Å². The normalized spacial score (nSPS) is 24.0. The summed E-state index contributed by atoms with van der Waals surface area (Å²) in [5, 5.41) is 30.5. The summed E-state index contributed by atoms with van der Waals surface area (Å²) in [5.41, 5.74) is 0.0147. The second-order valence-corrected chi connectivity index (χ2v) is 3.66. The molecular formula is C10H12K2O6. The third-order valence-electron chi connectivity index (χ3n) is 2.43. The van der Waals surface area contributed by atoms with Crippen LogP contribution in [0.4, 0.5) is 0 Å². The van der Waals surface area contributed by atoms with Gasteiger partial charge in [0.2, 0.25) is 0 Å². The Bertz CT molecular complexity index is 330. The first kappa shape index (κ1) is 22.2. The van der Waals surface area contributed by atoms with Gasteiger partial charge in [-0.3, -0.25) is 0 Å². The predicted octanol–water partition coefficient (Wildman–Crippen LogP) is -8.65. The van der Waals surface area contributed by atoms with Crippen molar-refractivity contribution >= 4 is 11.9 Å². The summed E-state index contributed by atoms with van der Waals surface area (Å²) < 4.78 is 5.00. The van der Waals surface area contributed by atoms with E-state index in [1.165, 1.54) is 13.0 Å². The summed E-state index contributed by atoms with van der Waals surface area (Å²) in [6, 6.07) is 0. The molecule has 1 rings (SSSR count). The molecule has 1 aliphatic rings. The van der Waals surface area contributed by atoms with Gasteiger partial charge < -0.3 is 29.6 Å². The van der Waals surface area contributed by atoms with Gasteiger partial charge in [-0.1, -0.05) is 6.08 Å². The van der Waals surface area contributed by atoms with E-state index in [1.54, 1.807) is 0 Å². The molecule has 90 valence electrons. The van der Waals surface area contributed by atoms with Crippen LogP contribution in [-0.4, -0.2) is 35.4 Å². The van der Waals surface area contributed by atoms with Crippen LogP contribution >= 0.6 is 0 Å². The molecule has 3 atom stereocenters. The molecule has 8 heteroatoms. The van der Waals surface area contributed by atoms with Gasteiger partial charge in [0.05, 0.1) is 30.3 Å². The van der Waals surface area contributed by atoms with Gasteiger partial charge in [0.15, 0.2) is 0 Å². The number of hydrogen-bond acceptors (Lipinski definition) is 6. The van der Waals surface area contributed by atoms with Gasteiger partial charge in [0.1, 0.15) is 0 Å². The second kappa shape index (κ2) is 10.6. The molecule has 0 aromatic heterocycles. The maximum atomic E-state index is 10.6. The third-order valence-corrected chi connectivity index (χ3v) is 2.43. The SMILES string of the molecule is C[C@@H](O[C@@H]1CC(C(=O)[O-])=CC[C@H]1O)C(=O)[O-].[K+].[K+]. The topological polar surface area (TPSA) is 110 Å². The zero-order valence-electron chi connectivity index (χ0n) is 10.7. The van der Waals surface area contributed by atoms with E-state index in [9.17, 15) is 24.9 Å². The average Bonchev–Trinajstić information content (AvgIpc) is 2.20. The standard InChI is InChI=1S/C10H14O6.2K/c1-5(9(12)13)16-8-4-6(10(14)15)2-3-7(8)11;;/h2,5,7-8,11H,3-4H2,1H3,(H,12,13)(H,14,15);;/q;2*+1/p-2/t5-,7-,8-;;/m1../s1. The molecule has 0 amide bonds. The fraction of sp³-hybridized carbons (Fsp3) is 0.600. The Morgan fingerprint density at radius 1 is 1.44 bits per heavy atom. The molecule has 1 N–H and O–H groups in total. The Morgan fingerprint density at radius 3 is 2.44 bits per heavy atom. The molecule has 0 aromatic rings. The van der Waals surface area contributed by atoms with E-state index in [1.807, 2.05) is 0 Å². The van der Waals surface area contributed by atoms with Gasteiger partial charge in [-0.15, -0.1) is 0 Å². The summed E-state index contributed by atoms with van der Waals surface area (Å²) in [7, 11) is 0. The number of carboxylic acid groups (broad SMARTS) is 2. The minimum Gasteiger partial charge on any atom is -0.547 e. The van der Waals surface area contributed by atoms with E-state index in [-0.39, 0.29) is 121 Å². The van der Waals surface area contributed by atoms with Gasteiger partial charge >= 0.3 is 103 Å². The molecule has 0 saturated carbocycles. The minimum absolute atomic E-state index is 0. The van der Waals surface area contributed by atoms with Crippen molar-refractivity contribution in [2.24, 2.45) is 0 Å². The van der Waals surface area contributed by atoms with E-state index in [0.29, 0.717) is 0 Å². The smallest absolute Gasteiger partial charge is 0.547 e. The third kappa shape index (κ3) is 7.05. The van der Waals surface area contributed by atoms with E-state index >= 15 is 0 Å². The Morgan fingerprint density at radius 2 is 2.00 bits per heavy atom. The molecule has 0 radical (unpaired) electrons.